The van der Waals surface area contributed by atoms with Gasteiger partial charge in [-0.2, -0.15) is 4.80 Å². The molecule has 0 N–H and O–H groups in total. The topological polar surface area (TPSA) is 113 Å². The summed E-state index contributed by atoms with van der Waals surface area (Å²) in [5.41, 5.74) is 1.99. The van der Waals surface area contributed by atoms with Gasteiger partial charge < -0.3 is 9.26 Å². The van der Waals surface area contributed by atoms with Crippen molar-refractivity contribution < 1.29 is 23.2 Å². The first kappa shape index (κ1) is 25.7. The number of fused-ring (bicyclic) bond motifs is 1. The molecule has 2 aromatic carbocycles. The van der Waals surface area contributed by atoms with Crippen LogP contribution in [0.3, 0.4) is 0 Å². The van der Waals surface area contributed by atoms with Crippen LogP contribution in [0.25, 0.3) is 22.5 Å². The number of rotatable bonds is 9. The summed E-state index contributed by atoms with van der Waals surface area (Å²) in [6.07, 6.45) is 1.84. The van der Waals surface area contributed by atoms with Crippen LogP contribution in [0.4, 0.5) is 4.39 Å². The lowest BCUT2D eigenvalue weighted by molar-refractivity contribution is -0.124. The van der Waals surface area contributed by atoms with Gasteiger partial charge in [-0.1, -0.05) is 23.7 Å². The molecule has 3 heterocycles. The number of ether oxygens (including phenoxy) is 1. The maximum Gasteiger partial charge on any atom is 0.254 e. The summed E-state index contributed by atoms with van der Waals surface area (Å²) in [6.45, 7) is 0. The van der Waals surface area contributed by atoms with Gasteiger partial charge in [0.05, 0.1) is 25.8 Å². The fourth-order valence-corrected chi connectivity index (χ4v) is 6.55. The second-order valence-electron chi connectivity index (χ2n) is 9.91. The minimum Gasteiger partial charge on any atom is -0.479 e. The number of ketones is 2. The van der Waals surface area contributed by atoms with E-state index in [0.717, 1.165) is 21.8 Å². The highest BCUT2D eigenvalue weighted by molar-refractivity contribution is 7.99. The molecule has 39 heavy (non-hydrogen) atoms. The molecule has 0 radical (unpaired) electrons. The van der Waals surface area contributed by atoms with Crippen molar-refractivity contribution in [2.75, 3.05) is 12.9 Å². The highest BCUT2D eigenvalue weighted by Gasteiger charge is 2.51. The molecule has 9 nitrogen and oxygen atoms in total. The second kappa shape index (κ2) is 9.87. The molecule has 0 saturated heterocycles. The number of tetrazole rings is 1. The SMILES string of the molecule is COc1cc(C(=O)CC2(C(=O)CC3CSc4cc(-c5cc(Cl)cc(F)c5-c5nnn(C)n5)ccc43)CC2)on1. The van der Waals surface area contributed by atoms with E-state index in [2.05, 4.69) is 20.6 Å². The molecule has 6 rings (SSSR count). The van der Waals surface area contributed by atoms with Gasteiger partial charge in [-0.15, -0.1) is 22.0 Å². The molecule has 1 saturated carbocycles. The van der Waals surface area contributed by atoms with Gasteiger partial charge in [-0.05, 0) is 58.1 Å². The Morgan fingerprint density at radius 3 is 2.77 bits per heavy atom. The Morgan fingerprint density at radius 1 is 1.26 bits per heavy atom. The van der Waals surface area contributed by atoms with Gasteiger partial charge in [-0.3, -0.25) is 9.59 Å². The number of aryl methyl sites for hydroxylation is 1. The summed E-state index contributed by atoms with van der Waals surface area (Å²) in [6, 6.07) is 10.3. The average molecular weight is 568 g/mol. The Kier molecular flexibility index (Phi) is 6.50. The predicted molar refractivity (Wildman–Crippen MR) is 141 cm³/mol. The fourth-order valence-electron chi connectivity index (χ4n) is 5.05. The normalized spacial score (nSPS) is 17.2. The van der Waals surface area contributed by atoms with E-state index in [1.54, 1.807) is 24.9 Å². The maximum absolute atomic E-state index is 15.0. The standard InChI is InChI=1S/C27H23ClFN5O4S/c1-34-31-26(30-33-34)25-18(9-16(28)10-19(25)29)14-3-4-17-15(13-39-22(17)7-14)8-23(36)27(5-6-27)12-20(35)21-11-24(37-2)32-38-21/h3-4,7,9-11,15H,5-6,8,12-13H2,1-2H3. The van der Waals surface area contributed by atoms with Gasteiger partial charge in [0.25, 0.3) is 5.88 Å². The number of methoxy groups -OCH3 is 1. The van der Waals surface area contributed by atoms with E-state index in [0.29, 0.717) is 24.8 Å². The van der Waals surface area contributed by atoms with Crippen molar-refractivity contribution in [2.24, 2.45) is 12.5 Å². The molecule has 200 valence electrons. The Hall–Kier alpha value is -3.57. The summed E-state index contributed by atoms with van der Waals surface area (Å²) in [5, 5.41) is 15.9. The zero-order valence-electron chi connectivity index (χ0n) is 21.1. The van der Waals surface area contributed by atoms with E-state index < -0.39 is 11.2 Å². The maximum atomic E-state index is 15.0. The molecule has 1 aliphatic carbocycles. The predicted octanol–water partition coefficient (Wildman–Crippen LogP) is 5.53. The number of carbonyl (C=O) groups is 2. The molecule has 1 fully saturated rings. The molecule has 0 bridgehead atoms. The molecular formula is C27H23ClFN5O4S. The molecular weight excluding hydrogens is 545 g/mol. The van der Waals surface area contributed by atoms with Crippen LogP contribution >= 0.6 is 23.4 Å². The zero-order valence-corrected chi connectivity index (χ0v) is 22.7. The molecule has 0 spiro atoms. The van der Waals surface area contributed by atoms with Crippen LogP contribution in [-0.2, 0) is 11.8 Å². The molecule has 1 aliphatic heterocycles. The number of halogens is 2. The number of hydrogen-bond acceptors (Lipinski definition) is 9. The van der Waals surface area contributed by atoms with Gasteiger partial charge in [-0.25, -0.2) is 4.39 Å². The van der Waals surface area contributed by atoms with Crippen molar-refractivity contribution in [1.29, 1.82) is 0 Å². The van der Waals surface area contributed by atoms with Crippen molar-refractivity contribution >= 4 is 34.9 Å². The first-order chi connectivity index (χ1) is 18.8. The van der Waals surface area contributed by atoms with Crippen LogP contribution < -0.4 is 4.74 Å². The summed E-state index contributed by atoms with van der Waals surface area (Å²) < 4.78 is 25.1. The summed E-state index contributed by atoms with van der Waals surface area (Å²) in [5.74, 6) is 0.601. The Morgan fingerprint density at radius 2 is 2.08 bits per heavy atom. The zero-order chi connectivity index (χ0) is 27.3. The first-order valence-corrected chi connectivity index (χ1v) is 13.7. The fraction of sp³-hybridized carbons (Fsp3) is 0.333. The number of aromatic nitrogens is 5. The van der Waals surface area contributed by atoms with Gasteiger partial charge in [0.1, 0.15) is 11.6 Å². The van der Waals surface area contributed by atoms with Crippen molar-refractivity contribution in [3.05, 3.63) is 58.6 Å². The highest BCUT2D eigenvalue weighted by Crippen LogP contribution is 2.53. The molecule has 1 atom stereocenters. The van der Waals surface area contributed by atoms with Gasteiger partial charge >= 0.3 is 0 Å². The van der Waals surface area contributed by atoms with E-state index in [9.17, 15) is 9.59 Å². The quantitative estimate of drug-likeness (QED) is 0.241. The molecule has 0 amide bonds. The summed E-state index contributed by atoms with van der Waals surface area (Å²) in [4.78, 5) is 28.4. The van der Waals surface area contributed by atoms with Crippen LogP contribution in [0.1, 0.15) is 47.7 Å². The lowest BCUT2D eigenvalue weighted by Gasteiger charge is -2.16. The van der Waals surface area contributed by atoms with Gasteiger partial charge in [0, 0.05) is 39.8 Å². The molecule has 2 aliphatic rings. The van der Waals surface area contributed by atoms with Crippen molar-refractivity contribution in [2.45, 2.75) is 36.5 Å². The molecule has 2 aromatic heterocycles. The lowest BCUT2D eigenvalue weighted by Crippen LogP contribution is -2.22. The van der Waals surface area contributed by atoms with Crippen molar-refractivity contribution in [3.8, 4) is 28.4 Å². The third kappa shape index (κ3) is 4.85. The Balaban J connectivity index is 1.21. The van der Waals surface area contributed by atoms with Crippen molar-refractivity contribution in [1.82, 2.24) is 25.4 Å². The van der Waals surface area contributed by atoms with Crippen LogP contribution in [0, 0.1) is 11.2 Å². The van der Waals surface area contributed by atoms with Gasteiger partial charge in [0.2, 0.25) is 17.4 Å². The van der Waals surface area contributed by atoms with E-state index in [1.165, 1.54) is 24.0 Å². The monoisotopic (exact) mass is 567 g/mol. The van der Waals surface area contributed by atoms with Crippen molar-refractivity contribution in [3.63, 3.8) is 0 Å². The third-order valence-corrected chi connectivity index (χ3v) is 8.79. The smallest absolute Gasteiger partial charge is 0.254 e. The van der Waals surface area contributed by atoms with Gasteiger partial charge in [0.15, 0.2) is 0 Å². The Labute approximate surface area is 232 Å². The van der Waals surface area contributed by atoms with Crippen LogP contribution in [0.5, 0.6) is 5.88 Å². The average Bonchev–Trinajstić information content (AvgIpc) is 3.24. The number of thioether (sulfide) groups is 1. The van der Waals surface area contributed by atoms with E-state index in [4.69, 9.17) is 20.9 Å². The number of benzene rings is 2. The van der Waals surface area contributed by atoms with Crippen LogP contribution in [0.2, 0.25) is 5.02 Å². The third-order valence-electron chi connectivity index (χ3n) is 7.34. The minimum atomic E-state index is -0.637. The number of carbonyl (C=O) groups excluding carboxylic acids is 2. The first-order valence-electron chi connectivity index (χ1n) is 12.3. The Bertz CT molecular complexity index is 1620. The van der Waals surface area contributed by atoms with E-state index in [-0.39, 0.29) is 52.0 Å². The largest absolute Gasteiger partial charge is 0.479 e. The van der Waals surface area contributed by atoms with E-state index in [1.807, 2.05) is 18.2 Å². The van der Waals surface area contributed by atoms with Crippen LogP contribution in [-0.4, -0.2) is 49.8 Å². The number of Topliss-reactive ketones (excluding diaryl/α,β-unsaturated/α-hetero) is 2. The van der Waals surface area contributed by atoms with Crippen LogP contribution in [0.15, 0.2) is 45.8 Å². The molecule has 1 unspecified atom stereocenters. The van der Waals surface area contributed by atoms with E-state index >= 15 is 4.39 Å². The number of nitrogens with zero attached hydrogens (tertiary/aromatic N) is 5. The number of hydrogen-bond donors (Lipinski definition) is 0. The molecule has 4 aromatic rings. The minimum absolute atomic E-state index is 0.0294. The summed E-state index contributed by atoms with van der Waals surface area (Å²) in [7, 11) is 3.06. The second-order valence-corrected chi connectivity index (χ2v) is 11.4. The lowest BCUT2D eigenvalue weighted by atomic mass is 9.85. The molecule has 12 heteroatoms. The summed E-state index contributed by atoms with van der Waals surface area (Å²) >= 11 is 7.87. The highest BCUT2D eigenvalue weighted by atomic mass is 35.5.